The summed E-state index contributed by atoms with van der Waals surface area (Å²) in [6.45, 7) is 10.2. The first kappa shape index (κ1) is 19.4. The molecule has 144 valence electrons. The predicted molar refractivity (Wildman–Crippen MR) is 110 cm³/mol. The number of piperazine rings is 1. The second-order valence-electron chi connectivity index (χ2n) is 8.32. The molecule has 0 bridgehead atoms. The van der Waals surface area contributed by atoms with Gasteiger partial charge in [0, 0.05) is 26.2 Å². The standard InChI is InChI=1S/C23H30N2O2/c1-23(2,3)20-9-5-18(6-10-20)19-7-11-21(12-8-19)27-17-22(26)25-15-13-24(4)14-16-25/h5-12H,13-17H2,1-4H3. The zero-order valence-electron chi connectivity index (χ0n) is 16.9. The molecule has 4 heteroatoms. The molecule has 1 amide bonds. The summed E-state index contributed by atoms with van der Waals surface area (Å²) in [5.74, 6) is 0.789. The molecule has 1 aliphatic heterocycles. The molecule has 2 aromatic rings. The lowest BCUT2D eigenvalue weighted by Crippen LogP contribution is -2.48. The molecule has 1 aliphatic rings. The summed E-state index contributed by atoms with van der Waals surface area (Å²) < 4.78 is 5.70. The van der Waals surface area contributed by atoms with Crippen molar-refractivity contribution in [3.8, 4) is 16.9 Å². The Morgan fingerprint density at radius 2 is 1.41 bits per heavy atom. The van der Waals surface area contributed by atoms with Crippen LogP contribution in [0.15, 0.2) is 48.5 Å². The van der Waals surface area contributed by atoms with Crippen molar-refractivity contribution in [2.24, 2.45) is 0 Å². The summed E-state index contributed by atoms with van der Waals surface area (Å²) in [4.78, 5) is 16.4. The summed E-state index contributed by atoms with van der Waals surface area (Å²) in [6.07, 6.45) is 0. The number of carbonyl (C=O) groups excluding carboxylic acids is 1. The molecule has 2 aromatic carbocycles. The van der Waals surface area contributed by atoms with Gasteiger partial charge in [-0.1, -0.05) is 57.2 Å². The smallest absolute Gasteiger partial charge is 0.260 e. The monoisotopic (exact) mass is 366 g/mol. The Hall–Kier alpha value is -2.33. The summed E-state index contributed by atoms with van der Waals surface area (Å²) in [5, 5.41) is 0. The highest BCUT2D eigenvalue weighted by Gasteiger charge is 2.19. The lowest BCUT2D eigenvalue weighted by molar-refractivity contribution is -0.134. The minimum absolute atomic E-state index is 0.0601. The highest BCUT2D eigenvalue weighted by atomic mass is 16.5. The van der Waals surface area contributed by atoms with Gasteiger partial charge in [0.05, 0.1) is 0 Å². The first-order valence-electron chi connectivity index (χ1n) is 9.63. The lowest BCUT2D eigenvalue weighted by Gasteiger charge is -2.32. The van der Waals surface area contributed by atoms with Crippen molar-refractivity contribution in [3.05, 3.63) is 54.1 Å². The van der Waals surface area contributed by atoms with E-state index in [2.05, 4.69) is 57.0 Å². The third-order valence-corrected chi connectivity index (χ3v) is 5.16. The molecule has 1 saturated heterocycles. The van der Waals surface area contributed by atoms with Gasteiger partial charge in [-0.2, -0.15) is 0 Å². The maximum Gasteiger partial charge on any atom is 0.260 e. The maximum atomic E-state index is 12.3. The SMILES string of the molecule is CN1CCN(C(=O)COc2ccc(-c3ccc(C(C)(C)C)cc3)cc2)CC1. The van der Waals surface area contributed by atoms with Crippen LogP contribution in [0, 0.1) is 0 Å². The van der Waals surface area contributed by atoms with Crippen LogP contribution in [0.5, 0.6) is 5.75 Å². The van der Waals surface area contributed by atoms with E-state index in [1.165, 1.54) is 11.1 Å². The van der Waals surface area contributed by atoms with E-state index in [-0.39, 0.29) is 17.9 Å². The molecule has 0 saturated carbocycles. The van der Waals surface area contributed by atoms with E-state index in [9.17, 15) is 4.79 Å². The van der Waals surface area contributed by atoms with Gasteiger partial charge in [-0.25, -0.2) is 0 Å². The summed E-state index contributed by atoms with van der Waals surface area (Å²) in [6, 6.07) is 16.7. The third-order valence-electron chi connectivity index (χ3n) is 5.16. The van der Waals surface area contributed by atoms with Crippen LogP contribution in [0.3, 0.4) is 0 Å². The third kappa shape index (κ3) is 5.10. The van der Waals surface area contributed by atoms with E-state index in [4.69, 9.17) is 4.74 Å². The van der Waals surface area contributed by atoms with Crippen LogP contribution in [0.1, 0.15) is 26.3 Å². The van der Waals surface area contributed by atoms with Crippen molar-refractivity contribution < 1.29 is 9.53 Å². The quantitative estimate of drug-likeness (QED) is 0.825. The fourth-order valence-electron chi connectivity index (χ4n) is 3.20. The molecule has 0 N–H and O–H groups in total. The normalized spacial score (nSPS) is 15.6. The van der Waals surface area contributed by atoms with Crippen LogP contribution >= 0.6 is 0 Å². The van der Waals surface area contributed by atoms with Crippen LogP contribution in [-0.4, -0.2) is 55.5 Å². The molecule has 0 unspecified atom stereocenters. The number of benzene rings is 2. The number of rotatable bonds is 4. The second kappa shape index (κ2) is 8.13. The van der Waals surface area contributed by atoms with Gasteiger partial charge in [0.15, 0.2) is 6.61 Å². The van der Waals surface area contributed by atoms with Crippen LogP contribution < -0.4 is 4.74 Å². The fraction of sp³-hybridized carbons (Fsp3) is 0.435. The molecule has 0 aliphatic carbocycles. The molecule has 4 nitrogen and oxygen atoms in total. The predicted octanol–water partition coefficient (Wildman–Crippen LogP) is 3.80. The molecule has 1 heterocycles. The molecule has 0 radical (unpaired) electrons. The van der Waals surface area contributed by atoms with Gasteiger partial charge in [-0.3, -0.25) is 4.79 Å². The average molecular weight is 367 g/mol. The Morgan fingerprint density at radius 3 is 1.93 bits per heavy atom. The maximum absolute atomic E-state index is 12.3. The van der Waals surface area contributed by atoms with E-state index >= 15 is 0 Å². The zero-order valence-corrected chi connectivity index (χ0v) is 16.9. The molecule has 0 atom stereocenters. The lowest BCUT2D eigenvalue weighted by atomic mass is 9.86. The fourth-order valence-corrected chi connectivity index (χ4v) is 3.20. The Balaban J connectivity index is 1.56. The minimum Gasteiger partial charge on any atom is -0.484 e. The average Bonchev–Trinajstić information content (AvgIpc) is 2.66. The largest absolute Gasteiger partial charge is 0.484 e. The molecule has 27 heavy (non-hydrogen) atoms. The Labute approximate surface area is 162 Å². The summed E-state index contributed by atoms with van der Waals surface area (Å²) in [5.41, 5.74) is 3.82. The zero-order chi connectivity index (χ0) is 19.4. The topological polar surface area (TPSA) is 32.8 Å². The van der Waals surface area contributed by atoms with Crippen LogP contribution in [0.25, 0.3) is 11.1 Å². The highest BCUT2D eigenvalue weighted by molar-refractivity contribution is 5.78. The van der Waals surface area contributed by atoms with Gasteiger partial charge < -0.3 is 14.5 Å². The Morgan fingerprint density at radius 1 is 0.889 bits per heavy atom. The van der Waals surface area contributed by atoms with Gasteiger partial charge in [0.2, 0.25) is 0 Å². The Kier molecular flexibility index (Phi) is 5.85. The van der Waals surface area contributed by atoms with Crippen molar-refractivity contribution in [2.45, 2.75) is 26.2 Å². The van der Waals surface area contributed by atoms with Crippen molar-refractivity contribution in [1.82, 2.24) is 9.80 Å². The number of carbonyl (C=O) groups is 1. The number of likely N-dealkylation sites (N-methyl/N-ethyl adjacent to an activating group) is 1. The van der Waals surface area contributed by atoms with E-state index in [0.29, 0.717) is 0 Å². The molecule has 1 fully saturated rings. The Bertz CT molecular complexity index is 752. The van der Waals surface area contributed by atoms with E-state index in [1.807, 2.05) is 29.2 Å². The molecule has 0 aromatic heterocycles. The van der Waals surface area contributed by atoms with Gasteiger partial charge >= 0.3 is 0 Å². The second-order valence-corrected chi connectivity index (χ2v) is 8.32. The van der Waals surface area contributed by atoms with E-state index < -0.39 is 0 Å². The first-order chi connectivity index (χ1) is 12.8. The van der Waals surface area contributed by atoms with Gasteiger partial charge in [-0.15, -0.1) is 0 Å². The van der Waals surface area contributed by atoms with E-state index in [0.717, 1.165) is 37.5 Å². The highest BCUT2D eigenvalue weighted by Crippen LogP contribution is 2.27. The molecular formula is C23H30N2O2. The number of hydrogen-bond donors (Lipinski definition) is 0. The van der Waals surface area contributed by atoms with Crippen LogP contribution in [0.4, 0.5) is 0 Å². The number of amides is 1. The minimum atomic E-state index is 0.0601. The number of nitrogens with zero attached hydrogens (tertiary/aromatic N) is 2. The van der Waals surface area contributed by atoms with Crippen molar-refractivity contribution >= 4 is 5.91 Å². The molecular weight excluding hydrogens is 336 g/mol. The molecule has 3 rings (SSSR count). The van der Waals surface area contributed by atoms with Gasteiger partial charge in [-0.05, 0) is 41.3 Å². The number of hydrogen-bond acceptors (Lipinski definition) is 3. The van der Waals surface area contributed by atoms with Crippen molar-refractivity contribution in [2.75, 3.05) is 39.8 Å². The van der Waals surface area contributed by atoms with Crippen molar-refractivity contribution in [1.29, 1.82) is 0 Å². The van der Waals surface area contributed by atoms with Crippen LogP contribution in [0.2, 0.25) is 0 Å². The molecule has 0 spiro atoms. The summed E-state index contributed by atoms with van der Waals surface area (Å²) in [7, 11) is 2.08. The first-order valence-corrected chi connectivity index (χ1v) is 9.63. The van der Waals surface area contributed by atoms with E-state index in [1.54, 1.807) is 0 Å². The van der Waals surface area contributed by atoms with Crippen LogP contribution in [-0.2, 0) is 10.2 Å². The summed E-state index contributed by atoms with van der Waals surface area (Å²) >= 11 is 0. The van der Waals surface area contributed by atoms with Crippen molar-refractivity contribution in [3.63, 3.8) is 0 Å². The van der Waals surface area contributed by atoms with Gasteiger partial charge in [0.1, 0.15) is 5.75 Å². The van der Waals surface area contributed by atoms with Gasteiger partial charge in [0.25, 0.3) is 5.91 Å². The number of ether oxygens (including phenoxy) is 1.